The van der Waals surface area contributed by atoms with Gasteiger partial charge in [0.1, 0.15) is 5.82 Å². The quantitative estimate of drug-likeness (QED) is 0.634. The fourth-order valence-electron chi connectivity index (χ4n) is 2.05. The van der Waals surface area contributed by atoms with E-state index in [2.05, 4.69) is 17.2 Å². The van der Waals surface area contributed by atoms with Crippen molar-refractivity contribution in [2.45, 2.75) is 20.8 Å². The Bertz CT molecular complexity index is 680. The number of rotatable bonds is 5. The zero-order valence-corrected chi connectivity index (χ0v) is 13.5. The SMILES string of the molecule is CCN(C)C=Nc1cc(C)cc(Nc2ccccc2F)c1C. The summed E-state index contributed by atoms with van der Waals surface area (Å²) in [5.41, 5.74) is 4.30. The van der Waals surface area contributed by atoms with Gasteiger partial charge in [-0.15, -0.1) is 0 Å². The van der Waals surface area contributed by atoms with Crippen LogP contribution in [0.5, 0.6) is 0 Å². The molecule has 0 amide bonds. The molecule has 0 fully saturated rings. The van der Waals surface area contributed by atoms with Crippen LogP contribution in [0.15, 0.2) is 41.4 Å². The second-order valence-electron chi connectivity index (χ2n) is 5.38. The molecular weight excluding hydrogens is 277 g/mol. The van der Waals surface area contributed by atoms with E-state index in [1.807, 2.05) is 50.3 Å². The van der Waals surface area contributed by atoms with Crippen molar-refractivity contribution in [2.24, 2.45) is 4.99 Å². The Morgan fingerprint density at radius 3 is 2.59 bits per heavy atom. The Labute approximate surface area is 131 Å². The van der Waals surface area contributed by atoms with E-state index < -0.39 is 0 Å². The van der Waals surface area contributed by atoms with E-state index >= 15 is 0 Å². The maximum atomic E-state index is 13.8. The van der Waals surface area contributed by atoms with E-state index in [0.29, 0.717) is 5.69 Å². The largest absolute Gasteiger partial charge is 0.366 e. The Hall–Kier alpha value is -2.36. The summed E-state index contributed by atoms with van der Waals surface area (Å²) >= 11 is 0. The van der Waals surface area contributed by atoms with Crippen molar-refractivity contribution in [3.05, 3.63) is 53.3 Å². The minimum absolute atomic E-state index is 0.265. The molecule has 0 heterocycles. The van der Waals surface area contributed by atoms with Gasteiger partial charge in [-0.05, 0) is 56.2 Å². The van der Waals surface area contributed by atoms with Gasteiger partial charge in [0, 0.05) is 19.3 Å². The topological polar surface area (TPSA) is 27.6 Å². The van der Waals surface area contributed by atoms with Crippen molar-refractivity contribution in [3.63, 3.8) is 0 Å². The number of aryl methyl sites for hydroxylation is 1. The van der Waals surface area contributed by atoms with Crippen molar-refractivity contribution >= 4 is 23.4 Å². The number of anilines is 2. The Morgan fingerprint density at radius 1 is 1.18 bits per heavy atom. The van der Waals surface area contributed by atoms with Gasteiger partial charge in [-0.1, -0.05) is 12.1 Å². The highest BCUT2D eigenvalue weighted by atomic mass is 19.1. The molecule has 0 saturated heterocycles. The first-order chi connectivity index (χ1) is 10.5. The maximum Gasteiger partial charge on any atom is 0.146 e. The highest BCUT2D eigenvalue weighted by Crippen LogP contribution is 2.30. The maximum absolute atomic E-state index is 13.8. The lowest BCUT2D eigenvalue weighted by Crippen LogP contribution is -2.14. The van der Waals surface area contributed by atoms with Crippen molar-refractivity contribution in [2.75, 3.05) is 18.9 Å². The van der Waals surface area contributed by atoms with Crippen LogP contribution in [0.25, 0.3) is 0 Å². The first-order valence-electron chi connectivity index (χ1n) is 7.38. The molecule has 3 nitrogen and oxygen atoms in total. The van der Waals surface area contributed by atoms with Crippen molar-refractivity contribution in [1.29, 1.82) is 0 Å². The number of benzene rings is 2. The number of aliphatic imine (C=N–C) groups is 1. The van der Waals surface area contributed by atoms with Gasteiger partial charge in [-0.25, -0.2) is 9.38 Å². The van der Waals surface area contributed by atoms with Crippen molar-refractivity contribution in [1.82, 2.24) is 4.90 Å². The predicted octanol–water partition coefficient (Wildman–Crippen LogP) is 4.80. The molecule has 0 aliphatic carbocycles. The van der Waals surface area contributed by atoms with Crippen LogP contribution in [0.3, 0.4) is 0 Å². The molecule has 0 aliphatic heterocycles. The van der Waals surface area contributed by atoms with Crippen LogP contribution in [0.4, 0.5) is 21.5 Å². The van der Waals surface area contributed by atoms with Gasteiger partial charge >= 0.3 is 0 Å². The summed E-state index contributed by atoms with van der Waals surface area (Å²) in [4.78, 5) is 6.53. The number of hydrogen-bond donors (Lipinski definition) is 1. The number of nitrogens with zero attached hydrogens (tertiary/aromatic N) is 2. The highest BCUT2D eigenvalue weighted by Gasteiger charge is 2.08. The van der Waals surface area contributed by atoms with Crippen LogP contribution in [0, 0.1) is 19.7 Å². The Kier molecular flexibility index (Phi) is 5.15. The van der Waals surface area contributed by atoms with Gasteiger partial charge in [-0.3, -0.25) is 0 Å². The van der Waals surface area contributed by atoms with E-state index in [1.165, 1.54) is 6.07 Å². The van der Waals surface area contributed by atoms with E-state index in [4.69, 9.17) is 0 Å². The molecule has 116 valence electrons. The van der Waals surface area contributed by atoms with Crippen LogP contribution in [0.1, 0.15) is 18.1 Å². The highest BCUT2D eigenvalue weighted by molar-refractivity contribution is 5.73. The summed E-state index contributed by atoms with van der Waals surface area (Å²) in [7, 11) is 1.98. The molecule has 1 N–H and O–H groups in total. The fraction of sp³-hybridized carbons (Fsp3) is 0.278. The molecule has 2 aromatic rings. The average Bonchev–Trinajstić information content (AvgIpc) is 2.50. The van der Waals surface area contributed by atoms with Crippen LogP contribution < -0.4 is 5.32 Å². The third-order valence-electron chi connectivity index (χ3n) is 3.56. The number of hydrogen-bond acceptors (Lipinski definition) is 2. The van der Waals surface area contributed by atoms with Crippen molar-refractivity contribution in [3.8, 4) is 0 Å². The minimum Gasteiger partial charge on any atom is -0.366 e. The monoisotopic (exact) mass is 299 g/mol. The lowest BCUT2D eigenvalue weighted by atomic mass is 10.1. The number of halogens is 1. The zero-order valence-electron chi connectivity index (χ0n) is 13.5. The standard InChI is InChI=1S/C18H22FN3/c1-5-22(4)12-20-17-10-13(2)11-18(14(17)3)21-16-9-7-6-8-15(16)19/h6-12,21H,5H2,1-4H3. The lowest BCUT2D eigenvalue weighted by Gasteiger charge is -2.14. The van der Waals surface area contributed by atoms with E-state index in [-0.39, 0.29) is 5.82 Å². The smallest absolute Gasteiger partial charge is 0.146 e. The van der Waals surface area contributed by atoms with Gasteiger partial charge in [0.25, 0.3) is 0 Å². The molecule has 0 saturated carbocycles. The van der Waals surface area contributed by atoms with Gasteiger partial charge in [0.05, 0.1) is 17.7 Å². The van der Waals surface area contributed by atoms with Gasteiger partial charge in [0.15, 0.2) is 0 Å². The van der Waals surface area contributed by atoms with Gasteiger partial charge in [0.2, 0.25) is 0 Å². The number of nitrogens with one attached hydrogen (secondary N) is 1. The second-order valence-corrected chi connectivity index (χ2v) is 5.38. The predicted molar refractivity (Wildman–Crippen MR) is 92.1 cm³/mol. The van der Waals surface area contributed by atoms with E-state index in [0.717, 1.165) is 29.0 Å². The van der Waals surface area contributed by atoms with E-state index in [1.54, 1.807) is 12.1 Å². The van der Waals surface area contributed by atoms with Crippen LogP contribution >= 0.6 is 0 Å². The molecule has 0 unspecified atom stereocenters. The molecule has 22 heavy (non-hydrogen) atoms. The molecule has 4 heteroatoms. The molecule has 0 bridgehead atoms. The summed E-state index contributed by atoms with van der Waals surface area (Å²) in [6.07, 6.45) is 1.81. The van der Waals surface area contributed by atoms with Crippen LogP contribution in [0.2, 0.25) is 0 Å². The fourth-order valence-corrected chi connectivity index (χ4v) is 2.05. The average molecular weight is 299 g/mol. The Balaban J connectivity index is 2.35. The molecule has 0 aliphatic rings. The molecule has 2 aromatic carbocycles. The second kappa shape index (κ2) is 7.07. The van der Waals surface area contributed by atoms with Gasteiger partial charge in [-0.2, -0.15) is 0 Å². The first kappa shape index (κ1) is 16.0. The Morgan fingerprint density at radius 2 is 1.91 bits per heavy atom. The minimum atomic E-state index is -0.265. The first-order valence-corrected chi connectivity index (χ1v) is 7.38. The zero-order chi connectivity index (χ0) is 16.1. The summed E-state index contributed by atoms with van der Waals surface area (Å²) in [6.45, 7) is 6.96. The molecule has 2 rings (SSSR count). The summed E-state index contributed by atoms with van der Waals surface area (Å²) in [6, 6.07) is 10.7. The third-order valence-corrected chi connectivity index (χ3v) is 3.56. The molecule has 0 radical (unpaired) electrons. The van der Waals surface area contributed by atoms with E-state index in [9.17, 15) is 4.39 Å². The summed E-state index contributed by atoms with van der Waals surface area (Å²) < 4.78 is 13.8. The third kappa shape index (κ3) is 3.85. The lowest BCUT2D eigenvalue weighted by molar-refractivity contribution is 0.552. The van der Waals surface area contributed by atoms with Crippen LogP contribution in [-0.4, -0.2) is 24.8 Å². The molecule has 0 aromatic heterocycles. The molecule has 0 spiro atoms. The van der Waals surface area contributed by atoms with Crippen molar-refractivity contribution < 1.29 is 4.39 Å². The summed E-state index contributed by atoms with van der Waals surface area (Å²) in [5.74, 6) is -0.265. The van der Waals surface area contributed by atoms with Gasteiger partial charge < -0.3 is 10.2 Å². The normalized spacial score (nSPS) is 11.0. The van der Waals surface area contributed by atoms with Crippen LogP contribution in [-0.2, 0) is 0 Å². The molecular formula is C18H22FN3. The number of para-hydroxylation sites is 1. The molecule has 0 atom stereocenters. The summed E-state index contributed by atoms with van der Waals surface area (Å²) in [5, 5.41) is 3.16.